The SMILES string of the molecule is C#CCOc1c(F)cccc1CNCC(C)C. The highest BCUT2D eigenvalue weighted by atomic mass is 19.1. The lowest BCUT2D eigenvalue weighted by Crippen LogP contribution is -2.19. The van der Waals surface area contributed by atoms with Crippen molar-refractivity contribution in [2.75, 3.05) is 13.2 Å². The van der Waals surface area contributed by atoms with Crippen molar-refractivity contribution >= 4 is 0 Å². The van der Waals surface area contributed by atoms with Crippen LogP contribution in [0.3, 0.4) is 0 Å². The smallest absolute Gasteiger partial charge is 0.165 e. The van der Waals surface area contributed by atoms with Gasteiger partial charge in [0.05, 0.1) is 0 Å². The van der Waals surface area contributed by atoms with E-state index in [9.17, 15) is 4.39 Å². The summed E-state index contributed by atoms with van der Waals surface area (Å²) in [6, 6.07) is 4.88. The van der Waals surface area contributed by atoms with Crippen molar-refractivity contribution in [3.05, 3.63) is 29.6 Å². The summed E-state index contributed by atoms with van der Waals surface area (Å²) in [4.78, 5) is 0. The molecule has 92 valence electrons. The predicted molar refractivity (Wildman–Crippen MR) is 67.3 cm³/mol. The second kappa shape index (κ2) is 6.93. The fourth-order valence-corrected chi connectivity index (χ4v) is 1.46. The summed E-state index contributed by atoms with van der Waals surface area (Å²) >= 11 is 0. The summed E-state index contributed by atoms with van der Waals surface area (Å²) in [5.41, 5.74) is 0.792. The van der Waals surface area contributed by atoms with Crippen LogP contribution >= 0.6 is 0 Å². The zero-order valence-electron chi connectivity index (χ0n) is 10.3. The van der Waals surface area contributed by atoms with Crippen LogP contribution in [0.5, 0.6) is 5.75 Å². The third-order valence-corrected chi connectivity index (χ3v) is 2.22. The fourth-order valence-electron chi connectivity index (χ4n) is 1.46. The molecule has 0 aliphatic rings. The van der Waals surface area contributed by atoms with E-state index in [4.69, 9.17) is 11.2 Å². The topological polar surface area (TPSA) is 21.3 Å². The van der Waals surface area contributed by atoms with Gasteiger partial charge >= 0.3 is 0 Å². The molecule has 0 unspecified atom stereocenters. The van der Waals surface area contributed by atoms with E-state index in [0.717, 1.165) is 12.1 Å². The molecule has 0 saturated heterocycles. The maximum atomic E-state index is 13.5. The van der Waals surface area contributed by atoms with Gasteiger partial charge < -0.3 is 10.1 Å². The first kappa shape index (κ1) is 13.5. The Morgan fingerprint density at radius 1 is 1.47 bits per heavy atom. The standard InChI is InChI=1S/C14H18FNO/c1-4-8-17-14-12(6-5-7-13(14)15)10-16-9-11(2)3/h1,5-7,11,16H,8-10H2,2-3H3. The van der Waals surface area contributed by atoms with Crippen LogP contribution in [-0.2, 0) is 6.54 Å². The van der Waals surface area contributed by atoms with Gasteiger partial charge in [0.15, 0.2) is 11.6 Å². The Balaban J connectivity index is 2.69. The van der Waals surface area contributed by atoms with Gasteiger partial charge in [-0.05, 0) is 18.5 Å². The van der Waals surface area contributed by atoms with E-state index in [2.05, 4.69) is 25.1 Å². The molecule has 1 aromatic rings. The van der Waals surface area contributed by atoms with Crippen LogP contribution in [-0.4, -0.2) is 13.2 Å². The first-order valence-corrected chi connectivity index (χ1v) is 5.69. The summed E-state index contributed by atoms with van der Waals surface area (Å²) < 4.78 is 18.8. The maximum Gasteiger partial charge on any atom is 0.165 e. The van der Waals surface area contributed by atoms with E-state index in [0.29, 0.717) is 12.5 Å². The molecule has 0 spiro atoms. The quantitative estimate of drug-likeness (QED) is 0.765. The van der Waals surface area contributed by atoms with Crippen LogP contribution in [0.25, 0.3) is 0 Å². The molecule has 0 amide bonds. The highest BCUT2D eigenvalue weighted by Crippen LogP contribution is 2.22. The zero-order chi connectivity index (χ0) is 12.7. The molecular formula is C14H18FNO. The maximum absolute atomic E-state index is 13.5. The molecule has 0 atom stereocenters. The molecule has 0 aliphatic carbocycles. The van der Waals surface area contributed by atoms with Gasteiger partial charge in [0, 0.05) is 12.1 Å². The number of para-hydroxylation sites is 1. The Kier molecular flexibility index (Phi) is 5.51. The van der Waals surface area contributed by atoms with Crippen LogP contribution in [0.15, 0.2) is 18.2 Å². The third kappa shape index (κ3) is 4.46. The lowest BCUT2D eigenvalue weighted by molar-refractivity contribution is 0.342. The lowest BCUT2D eigenvalue weighted by Gasteiger charge is -2.12. The van der Waals surface area contributed by atoms with Crippen molar-refractivity contribution in [3.8, 4) is 18.1 Å². The van der Waals surface area contributed by atoms with Crippen molar-refractivity contribution in [2.45, 2.75) is 20.4 Å². The van der Waals surface area contributed by atoms with Crippen molar-refractivity contribution in [2.24, 2.45) is 5.92 Å². The molecule has 0 aliphatic heterocycles. The summed E-state index contributed by atoms with van der Waals surface area (Å²) in [5.74, 6) is 2.77. The van der Waals surface area contributed by atoms with E-state index >= 15 is 0 Å². The Bertz CT molecular complexity index is 396. The van der Waals surface area contributed by atoms with Crippen LogP contribution in [0.4, 0.5) is 4.39 Å². The Hall–Kier alpha value is -1.53. The molecule has 0 radical (unpaired) electrons. The normalized spacial score (nSPS) is 10.3. The number of rotatable bonds is 6. The fraction of sp³-hybridized carbons (Fsp3) is 0.429. The Labute approximate surface area is 102 Å². The molecule has 0 fully saturated rings. The number of hydrogen-bond donors (Lipinski definition) is 1. The number of terminal acetylenes is 1. The van der Waals surface area contributed by atoms with Gasteiger partial charge in [-0.1, -0.05) is 31.9 Å². The van der Waals surface area contributed by atoms with Gasteiger partial charge in [-0.2, -0.15) is 0 Å². The molecule has 1 aromatic carbocycles. The number of nitrogens with one attached hydrogen (secondary N) is 1. The van der Waals surface area contributed by atoms with Gasteiger partial charge in [-0.3, -0.25) is 0 Å². The van der Waals surface area contributed by atoms with E-state index in [1.54, 1.807) is 6.07 Å². The first-order valence-electron chi connectivity index (χ1n) is 5.69. The largest absolute Gasteiger partial charge is 0.478 e. The van der Waals surface area contributed by atoms with Gasteiger partial charge in [-0.25, -0.2) is 4.39 Å². The average molecular weight is 235 g/mol. The van der Waals surface area contributed by atoms with Crippen molar-refractivity contribution in [3.63, 3.8) is 0 Å². The minimum atomic E-state index is -0.371. The predicted octanol–water partition coefficient (Wildman–Crippen LogP) is 2.58. The van der Waals surface area contributed by atoms with Crippen molar-refractivity contribution in [1.29, 1.82) is 0 Å². The summed E-state index contributed by atoms with van der Waals surface area (Å²) in [5, 5.41) is 3.25. The van der Waals surface area contributed by atoms with E-state index in [1.165, 1.54) is 6.07 Å². The second-order valence-corrected chi connectivity index (χ2v) is 4.25. The average Bonchev–Trinajstić information content (AvgIpc) is 2.28. The number of ether oxygens (including phenoxy) is 1. The minimum Gasteiger partial charge on any atom is -0.478 e. The van der Waals surface area contributed by atoms with Crippen molar-refractivity contribution < 1.29 is 9.13 Å². The van der Waals surface area contributed by atoms with Crippen molar-refractivity contribution in [1.82, 2.24) is 5.32 Å². The summed E-state index contributed by atoms with van der Waals surface area (Å²) in [6.07, 6.45) is 5.10. The van der Waals surface area contributed by atoms with Gasteiger partial charge in [0.25, 0.3) is 0 Å². The molecule has 0 bridgehead atoms. The Morgan fingerprint density at radius 3 is 2.88 bits per heavy atom. The number of hydrogen-bond acceptors (Lipinski definition) is 2. The first-order chi connectivity index (χ1) is 8.15. The molecule has 17 heavy (non-hydrogen) atoms. The van der Waals surface area contributed by atoms with Crippen LogP contribution in [0, 0.1) is 24.1 Å². The lowest BCUT2D eigenvalue weighted by atomic mass is 10.1. The van der Waals surface area contributed by atoms with Crippen LogP contribution in [0.1, 0.15) is 19.4 Å². The van der Waals surface area contributed by atoms with E-state index < -0.39 is 0 Å². The van der Waals surface area contributed by atoms with E-state index in [-0.39, 0.29) is 18.2 Å². The zero-order valence-corrected chi connectivity index (χ0v) is 10.3. The second-order valence-electron chi connectivity index (χ2n) is 4.25. The molecule has 0 heterocycles. The Morgan fingerprint density at radius 2 is 2.24 bits per heavy atom. The van der Waals surface area contributed by atoms with Gasteiger partial charge in [-0.15, -0.1) is 6.42 Å². The molecule has 2 nitrogen and oxygen atoms in total. The van der Waals surface area contributed by atoms with Gasteiger partial charge in [0.1, 0.15) is 6.61 Å². The molecule has 1 N–H and O–H groups in total. The molecular weight excluding hydrogens is 217 g/mol. The third-order valence-electron chi connectivity index (χ3n) is 2.22. The van der Waals surface area contributed by atoms with E-state index in [1.807, 2.05) is 6.07 Å². The molecule has 3 heteroatoms. The number of benzene rings is 1. The van der Waals surface area contributed by atoms with Crippen LogP contribution in [0.2, 0.25) is 0 Å². The summed E-state index contributed by atoms with van der Waals surface area (Å²) in [6.45, 7) is 5.78. The minimum absolute atomic E-state index is 0.0815. The molecule has 1 rings (SSSR count). The monoisotopic (exact) mass is 235 g/mol. The van der Waals surface area contributed by atoms with Crippen LogP contribution < -0.4 is 10.1 Å². The molecule has 0 aromatic heterocycles. The number of halogens is 1. The highest BCUT2D eigenvalue weighted by Gasteiger charge is 2.09. The summed E-state index contributed by atoms with van der Waals surface area (Å²) in [7, 11) is 0. The van der Waals surface area contributed by atoms with Gasteiger partial charge in [0.2, 0.25) is 0 Å². The highest BCUT2D eigenvalue weighted by molar-refractivity contribution is 5.35. The molecule has 0 saturated carbocycles.